The van der Waals surface area contributed by atoms with Gasteiger partial charge in [-0.1, -0.05) is 0 Å². The second kappa shape index (κ2) is 6.89. The van der Waals surface area contributed by atoms with E-state index in [4.69, 9.17) is 9.47 Å². The van der Waals surface area contributed by atoms with Crippen LogP contribution in [0.2, 0.25) is 0 Å². The molecule has 26 heavy (non-hydrogen) atoms. The molecule has 2 aliphatic rings. The minimum absolute atomic E-state index is 0.0116. The number of nitrogens with zero attached hydrogens (tertiary/aromatic N) is 2. The highest BCUT2D eigenvalue weighted by Gasteiger charge is 2.47. The van der Waals surface area contributed by atoms with Crippen LogP contribution in [-0.4, -0.2) is 43.0 Å². The van der Waals surface area contributed by atoms with Crippen LogP contribution in [0.3, 0.4) is 0 Å². The number of rotatable bonds is 5. The van der Waals surface area contributed by atoms with Gasteiger partial charge in [0.05, 0.1) is 18.2 Å². The molecule has 7 heteroatoms. The van der Waals surface area contributed by atoms with Crippen LogP contribution in [0.4, 0.5) is 0 Å². The first-order chi connectivity index (χ1) is 12.6. The first-order valence-corrected chi connectivity index (χ1v) is 10.3. The van der Waals surface area contributed by atoms with Crippen molar-refractivity contribution in [3.8, 4) is 11.5 Å². The molecule has 0 N–H and O–H groups in total. The summed E-state index contributed by atoms with van der Waals surface area (Å²) in [6.45, 7) is 0. The Morgan fingerprint density at radius 2 is 1.73 bits per heavy atom. The number of fused-ring (bicyclic) bond motifs is 2. The Labute approximate surface area is 153 Å². The van der Waals surface area contributed by atoms with Crippen LogP contribution in [0.15, 0.2) is 53.7 Å². The Morgan fingerprint density at radius 1 is 1.04 bits per heavy atom. The maximum atomic E-state index is 13.1. The fourth-order valence-electron chi connectivity index (χ4n) is 4.05. The van der Waals surface area contributed by atoms with Crippen molar-refractivity contribution in [3.05, 3.63) is 48.8 Å². The van der Waals surface area contributed by atoms with Gasteiger partial charge in [-0.05, 0) is 49.2 Å². The van der Waals surface area contributed by atoms with E-state index in [2.05, 4.69) is 4.98 Å². The summed E-state index contributed by atoms with van der Waals surface area (Å²) in [7, 11) is -1.94. The molecule has 2 unspecified atom stereocenters. The van der Waals surface area contributed by atoms with E-state index < -0.39 is 10.0 Å². The SMILES string of the molecule is COc1ccc(S(=O)(=O)N2C3CCC2CC(Oc2cccnc2)C3)cc1. The molecular formula is C19H22N2O4S. The standard InChI is InChI=1S/C19H22N2O4S/c1-24-16-6-8-19(9-7-16)26(22,23)21-14-4-5-15(21)12-18(11-14)25-17-3-2-10-20-13-17/h2-3,6-10,13-15,18H,4-5,11-12H2,1H3. The first kappa shape index (κ1) is 17.3. The number of hydrogen-bond donors (Lipinski definition) is 0. The third-order valence-corrected chi connectivity index (χ3v) is 7.21. The number of methoxy groups -OCH3 is 1. The molecule has 1 aromatic carbocycles. The Kier molecular flexibility index (Phi) is 4.58. The van der Waals surface area contributed by atoms with Crippen molar-refractivity contribution in [3.63, 3.8) is 0 Å². The summed E-state index contributed by atoms with van der Waals surface area (Å²) in [5.41, 5.74) is 0. The van der Waals surface area contributed by atoms with Gasteiger partial charge in [0.25, 0.3) is 0 Å². The second-order valence-electron chi connectivity index (χ2n) is 6.80. The maximum absolute atomic E-state index is 13.1. The molecule has 0 saturated carbocycles. The quantitative estimate of drug-likeness (QED) is 0.805. The normalized spacial score (nSPS) is 25.8. The second-order valence-corrected chi connectivity index (χ2v) is 8.64. The topological polar surface area (TPSA) is 68.7 Å². The third-order valence-electron chi connectivity index (χ3n) is 5.19. The molecular weight excluding hydrogens is 352 g/mol. The molecule has 138 valence electrons. The van der Waals surface area contributed by atoms with Gasteiger partial charge in [0.15, 0.2) is 0 Å². The lowest BCUT2D eigenvalue weighted by atomic mass is 10.0. The minimum atomic E-state index is -3.51. The van der Waals surface area contributed by atoms with E-state index in [0.717, 1.165) is 18.6 Å². The lowest BCUT2D eigenvalue weighted by molar-refractivity contribution is 0.0953. The Bertz CT molecular complexity index is 841. The number of piperidine rings is 1. The molecule has 2 saturated heterocycles. The summed E-state index contributed by atoms with van der Waals surface area (Å²) in [5, 5.41) is 0. The maximum Gasteiger partial charge on any atom is 0.243 e. The van der Waals surface area contributed by atoms with Crippen LogP contribution in [0.5, 0.6) is 11.5 Å². The molecule has 0 amide bonds. The predicted molar refractivity (Wildman–Crippen MR) is 96.7 cm³/mol. The smallest absolute Gasteiger partial charge is 0.243 e. The van der Waals surface area contributed by atoms with Crippen LogP contribution in [0, 0.1) is 0 Å². The van der Waals surface area contributed by atoms with E-state index in [1.54, 1.807) is 48.1 Å². The van der Waals surface area contributed by atoms with E-state index in [1.807, 2.05) is 12.1 Å². The average molecular weight is 374 g/mol. The monoisotopic (exact) mass is 374 g/mol. The van der Waals surface area contributed by atoms with Crippen LogP contribution in [0.1, 0.15) is 25.7 Å². The Morgan fingerprint density at radius 3 is 2.31 bits per heavy atom. The molecule has 2 aromatic rings. The first-order valence-electron chi connectivity index (χ1n) is 8.82. The zero-order valence-corrected chi connectivity index (χ0v) is 15.4. The zero-order chi connectivity index (χ0) is 18.1. The number of pyridine rings is 1. The fourth-order valence-corrected chi connectivity index (χ4v) is 5.94. The number of hydrogen-bond acceptors (Lipinski definition) is 5. The molecule has 0 radical (unpaired) electrons. The van der Waals surface area contributed by atoms with Gasteiger partial charge in [-0.15, -0.1) is 0 Å². The largest absolute Gasteiger partial charge is 0.497 e. The van der Waals surface area contributed by atoms with Gasteiger partial charge in [0, 0.05) is 31.1 Å². The number of benzene rings is 1. The van der Waals surface area contributed by atoms with Gasteiger partial charge in [-0.3, -0.25) is 4.98 Å². The predicted octanol–water partition coefficient (Wildman–Crippen LogP) is 2.85. The van der Waals surface area contributed by atoms with E-state index in [0.29, 0.717) is 23.5 Å². The van der Waals surface area contributed by atoms with Gasteiger partial charge in [-0.2, -0.15) is 4.31 Å². The molecule has 0 spiro atoms. The summed E-state index contributed by atoms with van der Waals surface area (Å²) in [5.74, 6) is 1.39. The molecule has 4 rings (SSSR count). The molecule has 1 aromatic heterocycles. The number of sulfonamides is 1. The van der Waals surface area contributed by atoms with Crippen molar-refractivity contribution >= 4 is 10.0 Å². The molecule has 2 bridgehead atoms. The summed E-state index contributed by atoms with van der Waals surface area (Å²) in [4.78, 5) is 4.39. The van der Waals surface area contributed by atoms with Crippen molar-refractivity contribution in [1.82, 2.24) is 9.29 Å². The fraction of sp³-hybridized carbons (Fsp3) is 0.421. The van der Waals surface area contributed by atoms with Gasteiger partial charge in [0.2, 0.25) is 10.0 Å². The van der Waals surface area contributed by atoms with Crippen LogP contribution < -0.4 is 9.47 Å². The summed E-state index contributed by atoms with van der Waals surface area (Å²) in [6.07, 6.45) is 6.61. The molecule has 2 fully saturated rings. The van der Waals surface area contributed by atoms with Gasteiger partial charge in [-0.25, -0.2) is 8.42 Å². The molecule has 2 atom stereocenters. The lowest BCUT2D eigenvalue weighted by Gasteiger charge is -2.37. The van der Waals surface area contributed by atoms with Crippen molar-refractivity contribution in [2.24, 2.45) is 0 Å². The zero-order valence-electron chi connectivity index (χ0n) is 14.6. The van der Waals surface area contributed by atoms with E-state index in [-0.39, 0.29) is 18.2 Å². The molecule has 0 aliphatic carbocycles. The van der Waals surface area contributed by atoms with E-state index in [1.165, 1.54) is 0 Å². The minimum Gasteiger partial charge on any atom is -0.497 e. The summed E-state index contributed by atoms with van der Waals surface area (Å²) >= 11 is 0. The van der Waals surface area contributed by atoms with E-state index >= 15 is 0 Å². The third kappa shape index (κ3) is 3.17. The lowest BCUT2D eigenvalue weighted by Crippen LogP contribution is -2.49. The Hall–Kier alpha value is -2.12. The Balaban J connectivity index is 1.52. The molecule has 6 nitrogen and oxygen atoms in total. The average Bonchev–Trinajstić information content (AvgIpc) is 2.95. The van der Waals surface area contributed by atoms with Crippen LogP contribution >= 0.6 is 0 Å². The number of ether oxygens (including phenoxy) is 2. The van der Waals surface area contributed by atoms with Crippen molar-refractivity contribution < 1.29 is 17.9 Å². The summed E-state index contributed by atoms with van der Waals surface area (Å²) < 4.78 is 39.2. The van der Waals surface area contributed by atoms with Crippen LogP contribution in [0.25, 0.3) is 0 Å². The highest BCUT2D eigenvalue weighted by Crippen LogP contribution is 2.41. The van der Waals surface area contributed by atoms with Crippen molar-refractivity contribution in [1.29, 1.82) is 0 Å². The number of aromatic nitrogens is 1. The van der Waals surface area contributed by atoms with Crippen molar-refractivity contribution in [2.45, 2.75) is 48.8 Å². The van der Waals surface area contributed by atoms with Gasteiger partial charge in [0.1, 0.15) is 17.6 Å². The van der Waals surface area contributed by atoms with Gasteiger partial charge >= 0.3 is 0 Å². The molecule has 2 aliphatic heterocycles. The summed E-state index contributed by atoms with van der Waals surface area (Å²) in [6, 6.07) is 10.3. The van der Waals surface area contributed by atoms with Crippen LogP contribution in [-0.2, 0) is 10.0 Å². The van der Waals surface area contributed by atoms with Crippen molar-refractivity contribution in [2.75, 3.05) is 7.11 Å². The van der Waals surface area contributed by atoms with E-state index in [9.17, 15) is 8.42 Å². The molecule has 3 heterocycles. The highest BCUT2D eigenvalue weighted by atomic mass is 32.2. The van der Waals surface area contributed by atoms with Gasteiger partial charge < -0.3 is 9.47 Å². The highest BCUT2D eigenvalue weighted by molar-refractivity contribution is 7.89.